The van der Waals surface area contributed by atoms with Gasteiger partial charge in [-0.3, -0.25) is 14.4 Å². The van der Waals surface area contributed by atoms with E-state index in [1.807, 2.05) is 61.7 Å². The second-order valence-electron chi connectivity index (χ2n) is 8.08. The van der Waals surface area contributed by atoms with Crippen LogP contribution >= 0.6 is 0 Å². The highest BCUT2D eigenvalue weighted by atomic mass is 16.5. The predicted octanol–water partition coefficient (Wildman–Crippen LogP) is 2.97. The molecule has 0 spiro atoms. The van der Waals surface area contributed by atoms with Crippen molar-refractivity contribution in [3.8, 4) is 5.75 Å². The Morgan fingerprint density at radius 3 is 2.73 bits per heavy atom. The average molecular weight is 449 g/mol. The summed E-state index contributed by atoms with van der Waals surface area (Å²) in [5, 5.41) is 28.8. The quantitative estimate of drug-likeness (QED) is 0.488. The Labute approximate surface area is 192 Å². The van der Waals surface area contributed by atoms with E-state index in [4.69, 9.17) is 9.84 Å². The third-order valence-corrected chi connectivity index (χ3v) is 5.96. The lowest BCUT2D eigenvalue weighted by Crippen LogP contribution is -2.42. The van der Waals surface area contributed by atoms with Gasteiger partial charge in [-0.1, -0.05) is 42.5 Å². The number of rotatable bonds is 9. The van der Waals surface area contributed by atoms with Crippen LogP contribution in [0.4, 0.5) is 11.4 Å². The van der Waals surface area contributed by atoms with Crippen LogP contribution in [0.2, 0.25) is 0 Å². The van der Waals surface area contributed by atoms with Crippen molar-refractivity contribution >= 4 is 17.3 Å². The van der Waals surface area contributed by atoms with E-state index in [2.05, 4.69) is 10.3 Å². The van der Waals surface area contributed by atoms with Crippen LogP contribution in [-0.4, -0.2) is 44.8 Å². The normalized spacial score (nSPS) is 18.7. The molecule has 8 nitrogen and oxygen atoms in total. The number of aromatic nitrogens is 3. The van der Waals surface area contributed by atoms with Gasteiger partial charge >= 0.3 is 0 Å². The highest BCUT2D eigenvalue weighted by Crippen LogP contribution is 2.49. The number of aliphatic hydroxyl groups is 2. The zero-order chi connectivity index (χ0) is 23.4. The maximum Gasteiger partial charge on any atom is 0.268 e. The SMILES string of the molecule is COc1ccc2c(c1)[C@](O)([C@@H](C)/C=C/CCn1cc(CCO)nn1)C(=O)N2c1ccccc1. The maximum atomic E-state index is 13.6. The number of allylic oxidation sites excluding steroid dienone is 1. The van der Waals surface area contributed by atoms with E-state index in [1.54, 1.807) is 28.8 Å². The van der Waals surface area contributed by atoms with Gasteiger partial charge in [0.2, 0.25) is 0 Å². The summed E-state index contributed by atoms with van der Waals surface area (Å²) in [4.78, 5) is 15.2. The standard InChI is InChI=1S/C25H28N4O4/c1-18(8-6-7-14-28-17-19(13-15-30)26-27-28)25(32)22-16-21(33-2)11-12-23(22)29(24(25)31)20-9-4-3-5-10-20/h3-6,8-12,16-18,30,32H,7,13-15H2,1-2H3/b8-6+/t18-,25+/m0/s1. The van der Waals surface area contributed by atoms with Crippen LogP contribution in [0.3, 0.4) is 0 Å². The molecule has 0 bridgehead atoms. The van der Waals surface area contributed by atoms with Crippen molar-refractivity contribution in [2.45, 2.75) is 31.9 Å². The summed E-state index contributed by atoms with van der Waals surface area (Å²) in [5.74, 6) is -0.291. The number of anilines is 2. The van der Waals surface area contributed by atoms with Crippen LogP contribution in [-0.2, 0) is 23.4 Å². The van der Waals surface area contributed by atoms with Crippen LogP contribution in [0.5, 0.6) is 5.75 Å². The Kier molecular flexibility index (Phi) is 6.57. The molecule has 1 aliphatic rings. The van der Waals surface area contributed by atoms with Crippen LogP contribution in [0.25, 0.3) is 0 Å². The molecular formula is C25H28N4O4. The largest absolute Gasteiger partial charge is 0.497 e. The molecule has 172 valence electrons. The minimum absolute atomic E-state index is 0.0367. The van der Waals surface area contributed by atoms with Crippen molar-refractivity contribution < 1.29 is 19.7 Å². The smallest absolute Gasteiger partial charge is 0.268 e. The predicted molar refractivity (Wildman–Crippen MR) is 124 cm³/mol. The molecule has 8 heteroatoms. The van der Waals surface area contributed by atoms with E-state index in [0.29, 0.717) is 42.1 Å². The van der Waals surface area contributed by atoms with Crippen LogP contribution < -0.4 is 9.64 Å². The van der Waals surface area contributed by atoms with Crippen molar-refractivity contribution in [2.24, 2.45) is 5.92 Å². The first kappa shape index (κ1) is 22.7. The van der Waals surface area contributed by atoms with Crippen molar-refractivity contribution in [3.05, 3.63) is 78.1 Å². The van der Waals surface area contributed by atoms with E-state index >= 15 is 0 Å². The van der Waals surface area contributed by atoms with Crippen molar-refractivity contribution in [3.63, 3.8) is 0 Å². The highest BCUT2D eigenvalue weighted by Gasteiger charge is 2.53. The zero-order valence-electron chi connectivity index (χ0n) is 18.8. The molecule has 33 heavy (non-hydrogen) atoms. The van der Waals surface area contributed by atoms with Gasteiger partial charge in [0.25, 0.3) is 5.91 Å². The molecule has 0 saturated heterocycles. The summed E-state index contributed by atoms with van der Waals surface area (Å²) in [7, 11) is 1.56. The third-order valence-electron chi connectivity index (χ3n) is 5.96. The minimum Gasteiger partial charge on any atom is -0.497 e. The molecule has 2 heterocycles. The number of amides is 1. The Morgan fingerprint density at radius 2 is 2.00 bits per heavy atom. The molecule has 4 rings (SSSR count). The fourth-order valence-electron chi connectivity index (χ4n) is 4.13. The molecule has 0 aliphatic carbocycles. The molecule has 2 N–H and O–H groups in total. The minimum atomic E-state index is -1.72. The Hall–Kier alpha value is -3.49. The number of hydrogen-bond acceptors (Lipinski definition) is 6. The zero-order valence-corrected chi connectivity index (χ0v) is 18.8. The van der Waals surface area contributed by atoms with Gasteiger partial charge in [0.05, 0.1) is 18.5 Å². The van der Waals surface area contributed by atoms with Gasteiger partial charge < -0.3 is 14.9 Å². The molecular weight excluding hydrogens is 420 g/mol. The van der Waals surface area contributed by atoms with E-state index in [0.717, 1.165) is 5.69 Å². The van der Waals surface area contributed by atoms with Crippen LogP contribution in [0, 0.1) is 5.92 Å². The lowest BCUT2D eigenvalue weighted by atomic mass is 9.83. The summed E-state index contributed by atoms with van der Waals surface area (Å²) >= 11 is 0. The van der Waals surface area contributed by atoms with Gasteiger partial charge in [-0.25, -0.2) is 0 Å². The number of fused-ring (bicyclic) bond motifs is 1. The van der Waals surface area contributed by atoms with E-state index < -0.39 is 11.5 Å². The summed E-state index contributed by atoms with van der Waals surface area (Å²) in [5.41, 5.74) is 0.891. The van der Waals surface area contributed by atoms with E-state index in [9.17, 15) is 9.90 Å². The maximum absolute atomic E-state index is 13.6. The number of ether oxygens (including phenoxy) is 1. The number of aryl methyl sites for hydroxylation is 1. The van der Waals surface area contributed by atoms with Gasteiger partial charge in [-0.2, -0.15) is 0 Å². The number of benzene rings is 2. The number of aliphatic hydroxyl groups excluding tert-OH is 1. The first-order valence-electron chi connectivity index (χ1n) is 11.0. The first-order chi connectivity index (χ1) is 16.0. The van der Waals surface area contributed by atoms with Crippen molar-refractivity contribution in [2.75, 3.05) is 18.6 Å². The molecule has 1 aromatic heterocycles. The fourth-order valence-corrected chi connectivity index (χ4v) is 4.13. The summed E-state index contributed by atoms with van der Waals surface area (Å²) in [6, 6.07) is 14.6. The number of methoxy groups -OCH3 is 1. The fraction of sp³-hybridized carbons (Fsp3) is 0.320. The summed E-state index contributed by atoms with van der Waals surface area (Å²) in [6.45, 7) is 2.48. The number of para-hydroxylation sites is 1. The topological polar surface area (TPSA) is 101 Å². The monoisotopic (exact) mass is 448 g/mol. The average Bonchev–Trinajstić information content (AvgIpc) is 3.38. The van der Waals surface area contributed by atoms with Crippen LogP contribution in [0.1, 0.15) is 24.6 Å². The molecule has 3 aromatic rings. The number of hydrogen-bond donors (Lipinski definition) is 2. The van der Waals surface area contributed by atoms with Gasteiger partial charge in [-0.15, -0.1) is 5.10 Å². The molecule has 1 aliphatic heterocycles. The Morgan fingerprint density at radius 1 is 1.21 bits per heavy atom. The number of nitrogens with zero attached hydrogens (tertiary/aromatic N) is 4. The van der Waals surface area contributed by atoms with E-state index in [-0.39, 0.29) is 12.5 Å². The number of carbonyl (C=O) groups is 1. The summed E-state index contributed by atoms with van der Waals surface area (Å²) in [6.07, 6.45) is 6.74. The second-order valence-corrected chi connectivity index (χ2v) is 8.08. The van der Waals surface area contributed by atoms with Crippen molar-refractivity contribution in [1.82, 2.24) is 15.0 Å². The van der Waals surface area contributed by atoms with Gasteiger partial charge in [0, 0.05) is 42.9 Å². The Balaban J connectivity index is 1.57. The van der Waals surface area contributed by atoms with Gasteiger partial charge in [0.1, 0.15) is 5.75 Å². The molecule has 0 radical (unpaired) electrons. The lowest BCUT2D eigenvalue weighted by Gasteiger charge is -2.27. The number of carbonyl (C=O) groups excluding carboxylic acids is 1. The highest BCUT2D eigenvalue weighted by molar-refractivity contribution is 6.12. The molecule has 0 saturated carbocycles. The molecule has 0 unspecified atom stereocenters. The summed E-state index contributed by atoms with van der Waals surface area (Å²) < 4.78 is 7.08. The molecule has 2 aromatic carbocycles. The molecule has 2 atom stereocenters. The molecule has 1 amide bonds. The Bertz CT molecular complexity index is 1140. The van der Waals surface area contributed by atoms with Crippen molar-refractivity contribution in [1.29, 1.82) is 0 Å². The van der Waals surface area contributed by atoms with E-state index in [1.165, 1.54) is 0 Å². The molecule has 0 fully saturated rings. The second kappa shape index (κ2) is 9.56. The van der Waals surface area contributed by atoms with Crippen LogP contribution in [0.15, 0.2) is 66.9 Å². The first-order valence-corrected chi connectivity index (χ1v) is 11.0. The van der Waals surface area contributed by atoms with Gasteiger partial charge in [0.15, 0.2) is 5.60 Å². The third kappa shape index (κ3) is 4.27. The lowest BCUT2D eigenvalue weighted by molar-refractivity contribution is -0.138. The van der Waals surface area contributed by atoms with Gasteiger partial charge in [-0.05, 0) is 36.8 Å².